The Hall–Kier alpha value is -1.58. The summed E-state index contributed by atoms with van der Waals surface area (Å²) < 4.78 is 6.28. The highest BCUT2D eigenvalue weighted by atomic mass is 16.6. The minimum absolute atomic E-state index is 0.821. The molecule has 0 aromatic carbocycles. The molecule has 2 rings (SSSR count). The highest BCUT2D eigenvalue weighted by molar-refractivity contribution is 5.87. The Morgan fingerprint density at radius 1 is 1.70 bits per heavy atom. The fraction of sp³-hybridized carbons (Fsp3) is 0. The molecule has 0 aliphatic rings. The molecule has 2 aromatic rings. The van der Waals surface area contributed by atoms with E-state index in [1.54, 1.807) is 18.5 Å². The highest BCUT2D eigenvalue weighted by Crippen LogP contribution is 2.07. The van der Waals surface area contributed by atoms with Gasteiger partial charge in [0, 0.05) is 18.0 Å². The number of aromatic nitrogens is 2. The Morgan fingerprint density at radius 2 is 2.60 bits per heavy atom. The number of rotatable bonds is 1. The van der Waals surface area contributed by atoms with E-state index in [2.05, 4.69) is 5.16 Å². The van der Waals surface area contributed by atoms with Crippen molar-refractivity contribution in [1.82, 2.24) is 9.73 Å². The minimum atomic E-state index is 0.821. The summed E-state index contributed by atoms with van der Waals surface area (Å²) in [4.78, 5) is 0. The van der Waals surface area contributed by atoms with Gasteiger partial charge in [0.1, 0.15) is 5.52 Å². The Bertz CT molecular complexity index is 360. The lowest BCUT2D eigenvalue weighted by Gasteiger charge is -1.77. The first-order chi connectivity index (χ1) is 4.92. The number of nitrogens with one attached hydrogen (secondary N) is 1. The molecule has 0 saturated carbocycles. The van der Waals surface area contributed by atoms with Crippen molar-refractivity contribution in [3.05, 3.63) is 24.0 Å². The van der Waals surface area contributed by atoms with Crippen LogP contribution in [0, 0.1) is 5.41 Å². The monoisotopic (exact) mass is 135 g/mol. The molecule has 0 saturated heterocycles. The van der Waals surface area contributed by atoms with E-state index in [0.717, 1.165) is 11.1 Å². The predicted octanol–water partition coefficient (Wildman–Crippen LogP) is 0.925. The average Bonchev–Trinajstić information content (AvgIpc) is 2.44. The largest absolute Gasteiger partial charge is 0.308 e. The van der Waals surface area contributed by atoms with Crippen molar-refractivity contribution in [2.45, 2.75) is 0 Å². The first-order valence-electron chi connectivity index (χ1n) is 2.84. The second-order valence-corrected chi connectivity index (χ2v) is 1.94. The van der Waals surface area contributed by atoms with Crippen LogP contribution in [-0.4, -0.2) is 15.9 Å². The van der Waals surface area contributed by atoms with Gasteiger partial charge in [-0.2, -0.15) is 4.57 Å². The SMILES string of the molecule is N=Cc1ccn2oncc12. The van der Waals surface area contributed by atoms with Gasteiger partial charge in [0.2, 0.25) is 0 Å². The summed E-state index contributed by atoms with van der Waals surface area (Å²) in [6.07, 6.45) is 4.58. The van der Waals surface area contributed by atoms with Crippen LogP contribution >= 0.6 is 0 Å². The van der Waals surface area contributed by atoms with Crippen molar-refractivity contribution in [2.24, 2.45) is 0 Å². The van der Waals surface area contributed by atoms with E-state index in [1.807, 2.05) is 0 Å². The fourth-order valence-electron chi connectivity index (χ4n) is 0.890. The summed E-state index contributed by atoms with van der Waals surface area (Å²) in [7, 11) is 0. The van der Waals surface area contributed by atoms with Crippen LogP contribution < -0.4 is 0 Å². The van der Waals surface area contributed by atoms with E-state index in [0.29, 0.717) is 0 Å². The molecule has 2 aromatic heterocycles. The molecule has 0 aliphatic carbocycles. The van der Waals surface area contributed by atoms with Crippen molar-refractivity contribution >= 4 is 11.7 Å². The van der Waals surface area contributed by atoms with Gasteiger partial charge in [-0.25, -0.2) is 0 Å². The molecule has 0 bridgehead atoms. The quantitative estimate of drug-likeness (QED) is 0.591. The zero-order valence-corrected chi connectivity index (χ0v) is 5.11. The maximum atomic E-state index is 6.97. The molecule has 1 N–H and O–H groups in total. The maximum Gasteiger partial charge on any atom is 0.113 e. The van der Waals surface area contributed by atoms with E-state index in [9.17, 15) is 0 Å². The standard InChI is InChI=1S/C6H5N3O/c7-3-5-1-2-9-6(5)4-8-10-9/h1-4,7H. The van der Waals surface area contributed by atoms with Gasteiger partial charge in [0.05, 0.1) is 6.20 Å². The second kappa shape index (κ2) is 1.70. The van der Waals surface area contributed by atoms with Crippen LogP contribution in [-0.2, 0) is 0 Å². The van der Waals surface area contributed by atoms with Gasteiger partial charge in [-0.05, 0) is 6.07 Å². The van der Waals surface area contributed by atoms with Crippen molar-refractivity contribution in [3.8, 4) is 0 Å². The van der Waals surface area contributed by atoms with Crippen molar-refractivity contribution in [2.75, 3.05) is 0 Å². The number of hydrogen-bond donors (Lipinski definition) is 1. The zero-order valence-electron chi connectivity index (χ0n) is 5.11. The molecule has 4 heteroatoms. The molecule has 2 heterocycles. The predicted molar refractivity (Wildman–Crippen MR) is 35.3 cm³/mol. The van der Waals surface area contributed by atoms with Gasteiger partial charge in [0.25, 0.3) is 0 Å². The van der Waals surface area contributed by atoms with Gasteiger partial charge >= 0.3 is 0 Å². The van der Waals surface area contributed by atoms with E-state index in [-0.39, 0.29) is 0 Å². The van der Waals surface area contributed by atoms with Gasteiger partial charge in [-0.1, -0.05) is 5.16 Å². The number of nitrogens with zero attached hydrogens (tertiary/aromatic N) is 2. The molecule has 0 aliphatic heterocycles. The molecule has 0 atom stereocenters. The third-order valence-corrected chi connectivity index (χ3v) is 1.39. The molecule has 0 unspecified atom stereocenters. The summed E-state index contributed by atoms with van der Waals surface area (Å²) in [6.45, 7) is 0. The lowest BCUT2D eigenvalue weighted by atomic mass is 10.3. The molecule has 0 amide bonds. The normalized spacial score (nSPS) is 10.4. The highest BCUT2D eigenvalue weighted by Gasteiger charge is 2.00. The lowest BCUT2D eigenvalue weighted by Crippen LogP contribution is -1.73. The smallest absolute Gasteiger partial charge is 0.113 e. The van der Waals surface area contributed by atoms with Crippen LogP contribution in [0.3, 0.4) is 0 Å². The van der Waals surface area contributed by atoms with E-state index >= 15 is 0 Å². The minimum Gasteiger partial charge on any atom is -0.308 e. The summed E-state index contributed by atoms with van der Waals surface area (Å²) in [5.74, 6) is 0. The van der Waals surface area contributed by atoms with Crippen LogP contribution in [0.4, 0.5) is 0 Å². The topological polar surface area (TPSA) is 54.3 Å². The molecule has 4 nitrogen and oxygen atoms in total. The average molecular weight is 135 g/mol. The Morgan fingerprint density at radius 3 is 3.40 bits per heavy atom. The van der Waals surface area contributed by atoms with E-state index in [4.69, 9.17) is 10.0 Å². The zero-order chi connectivity index (χ0) is 6.97. The summed E-state index contributed by atoms with van der Waals surface area (Å²) >= 11 is 0. The van der Waals surface area contributed by atoms with E-state index in [1.165, 1.54) is 10.8 Å². The summed E-state index contributed by atoms with van der Waals surface area (Å²) in [5.41, 5.74) is 1.65. The number of fused-ring (bicyclic) bond motifs is 1. The third kappa shape index (κ3) is 0.500. The van der Waals surface area contributed by atoms with Crippen LogP contribution in [0.15, 0.2) is 23.1 Å². The fourth-order valence-corrected chi connectivity index (χ4v) is 0.890. The van der Waals surface area contributed by atoms with Crippen molar-refractivity contribution < 1.29 is 4.63 Å². The van der Waals surface area contributed by atoms with Crippen molar-refractivity contribution in [3.63, 3.8) is 0 Å². The Kier molecular flexibility index (Phi) is 0.887. The van der Waals surface area contributed by atoms with Gasteiger partial charge < -0.3 is 5.41 Å². The van der Waals surface area contributed by atoms with Gasteiger partial charge in [0.15, 0.2) is 0 Å². The third-order valence-electron chi connectivity index (χ3n) is 1.39. The van der Waals surface area contributed by atoms with Gasteiger partial charge in [-0.3, -0.25) is 4.63 Å². The van der Waals surface area contributed by atoms with Crippen LogP contribution in [0.5, 0.6) is 0 Å². The van der Waals surface area contributed by atoms with Gasteiger partial charge in [-0.15, -0.1) is 0 Å². The molecule has 0 spiro atoms. The Labute approximate surface area is 56.5 Å². The number of hydrogen-bond acceptors (Lipinski definition) is 3. The first kappa shape index (κ1) is 5.22. The Balaban J connectivity index is 2.88. The van der Waals surface area contributed by atoms with Crippen molar-refractivity contribution in [1.29, 1.82) is 5.41 Å². The molecular weight excluding hydrogens is 130 g/mol. The van der Waals surface area contributed by atoms with E-state index < -0.39 is 0 Å². The molecule has 10 heavy (non-hydrogen) atoms. The first-order valence-corrected chi connectivity index (χ1v) is 2.84. The maximum absolute atomic E-state index is 6.97. The van der Waals surface area contributed by atoms with Crippen LogP contribution in [0.1, 0.15) is 5.56 Å². The van der Waals surface area contributed by atoms with Crippen LogP contribution in [0.2, 0.25) is 0 Å². The van der Waals surface area contributed by atoms with Crippen LogP contribution in [0.25, 0.3) is 5.52 Å². The molecular formula is C6H5N3O. The molecule has 0 radical (unpaired) electrons. The summed E-state index contributed by atoms with van der Waals surface area (Å²) in [5, 5.41) is 10.5. The second-order valence-electron chi connectivity index (χ2n) is 1.94. The molecule has 50 valence electrons. The summed E-state index contributed by atoms with van der Waals surface area (Å²) in [6, 6.07) is 1.80. The molecule has 0 fully saturated rings. The lowest BCUT2D eigenvalue weighted by molar-refractivity contribution is 0.273.